The van der Waals surface area contributed by atoms with Crippen LogP contribution in [-0.2, 0) is 13.0 Å². The molecule has 1 N–H and O–H groups in total. The summed E-state index contributed by atoms with van der Waals surface area (Å²) >= 11 is 0. The Bertz CT molecular complexity index is 422. The summed E-state index contributed by atoms with van der Waals surface area (Å²) < 4.78 is 0. The quantitative estimate of drug-likeness (QED) is 0.895. The molecule has 2 heterocycles. The highest BCUT2D eigenvalue weighted by atomic mass is 15.2. The Kier molecular flexibility index (Phi) is 5.17. The maximum atomic E-state index is 4.57. The van der Waals surface area contributed by atoms with Crippen molar-refractivity contribution in [2.45, 2.75) is 52.6 Å². The van der Waals surface area contributed by atoms with Crippen molar-refractivity contribution in [3.8, 4) is 0 Å². The molecule has 3 nitrogen and oxygen atoms in total. The summed E-state index contributed by atoms with van der Waals surface area (Å²) in [6.45, 7) is 13.5. The summed E-state index contributed by atoms with van der Waals surface area (Å²) in [5, 5.41) is 3.63. The molecule has 0 spiro atoms. The standard InChI is InChI=1S/C17H29N3/c1-5-15-7-6-9-18-16(15)13-20-10-8-14(12-20)11-19-17(2,3)4/h6-7,9,14,19H,5,8,10-13H2,1-4H3. The maximum absolute atomic E-state index is 4.57. The third kappa shape index (κ3) is 4.57. The molecule has 0 aliphatic carbocycles. The highest BCUT2D eigenvalue weighted by molar-refractivity contribution is 5.19. The molecule has 20 heavy (non-hydrogen) atoms. The summed E-state index contributed by atoms with van der Waals surface area (Å²) in [5.41, 5.74) is 2.88. The molecular weight excluding hydrogens is 246 g/mol. The Labute approximate surface area is 123 Å². The average molecular weight is 275 g/mol. The maximum Gasteiger partial charge on any atom is 0.0575 e. The van der Waals surface area contributed by atoms with E-state index in [1.807, 2.05) is 12.3 Å². The Morgan fingerprint density at radius 3 is 2.90 bits per heavy atom. The van der Waals surface area contributed by atoms with E-state index in [0.29, 0.717) is 0 Å². The van der Waals surface area contributed by atoms with Gasteiger partial charge in [0.2, 0.25) is 0 Å². The fourth-order valence-electron chi connectivity index (χ4n) is 2.82. The van der Waals surface area contributed by atoms with Gasteiger partial charge in [0.15, 0.2) is 0 Å². The molecule has 1 atom stereocenters. The molecule has 0 saturated carbocycles. The van der Waals surface area contributed by atoms with Crippen molar-refractivity contribution in [2.75, 3.05) is 19.6 Å². The first-order chi connectivity index (χ1) is 9.48. The fraction of sp³-hybridized carbons (Fsp3) is 0.706. The number of likely N-dealkylation sites (tertiary alicyclic amines) is 1. The van der Waals surface area contributed by atoms with E-state index in [1.165, 1.54) is 30.8 Å². The lowest BCUT2D eigenvalue weighted by Gasteiger charge is -2.23. The Balaban J connectivity index is 1.84. The van der Waals surface area contributed by atoms with Crippen molar-refractivity contribution in [1.82, 2.24) is 15.2 Å². The number of hydrogen-bond acceptors (Lipinski definition) is 3. The van der Waals surface area contributed by atoms with Crippen LogP contribution in [0.2, 0.25) is 0 Å². The van der Waals surface area contributed by atoms with E-state index < -0.39 is 0 Å². The first-order valence-electron chi connectivity index (χ1n) is 7.88. The summed E-state index contributed by atoms with van der Waals surface area (Å²) in [6, 6.07) is 4.25. The number of nitrogens with one attached hydrogen (secondary N) is 1. The SMILES string of the molecule is CCc1cccnc1CN1CCC(CNC(C)(C)C)C1. The molecule has 112 valence electrons. The molecule has 1 aromatic heterocycles. The fourth-order valence-corrected chi connectivity index (χ4v) is 2.82. The number of hydrogen-bond donors (Lipinski definition) is 1. The zero-order chi connectivity index (χ0) is 14.6. The van der Waals surface area contributed by atoms with Crippen molar-refractivity contribution in [3.63, 3.8) is 0 Å². The molecule has 1 fully saturated rings. The molecule has 1 aromatic rings. The van der Waals surface area contributed by atoms with E-state index in [0.717, 1.165) is 25.4 Å². The van der Waals surface area contributed by atoms with Crippen LogP contribution in [0.3, 0.4) is 0 Å². The van der Waals surface area contributed by atoms with E-state index in [4.69, 9.17) is 0 Å². The van der Waals surface area contributed by atoms with Crippen molar-refractivity contribution in [2.24, 2.45) is 5.92 Å². The van der Waals surface area contributed by atoms with Gasteiger partial charge in [-0.05, 0) is 64.3 Å². The van der Waals surface area contributed by atoms with E-state index >= 15 is 0 Å². The Morgan fingerprint density at radius 2 is 2.20 bits per heavy atom. The molecule has 0 radical (unpaired) electrons. The highest BCUT2D eigenvalue weighted by Crippen LogP contribution is 2.19. The molecular formula is C17H29N3. The van der Waals surface area contributed by atoms with E-state index in [-0.39, 0.29) is 5.54 Å². The smallest absolute Gasteiger partial charge is 0.0575 e. The topological polar surface area (TPSA) is 28.2 Å². The molecule has 3 heteroatoms. The monoisotopic (exact) mass is 275 g/mol. The van der Waals surface area contributed by atoms with Crippen molar-refractivity contribution < 1.29 is 0 Å². The zero-order valence-corrected chi connectivity index (χ0v) is 13.4. The van der Waals surface area contributed by atoms with Gasteiger partial charge in [-0.25, -0.2) is 0 Å². The van der Waals surface area contributed by atoms with Gasteiger partial charge in [0.1, 0.15) is 0 Å². The lowest BCUT2D eigenvalue weighted by molar-refractivity contribution is 0.301. The number of pyridine rings is 1. The molecule has 1 unspecified atom stereocenters. The van der Waals surface area contributed by atoms with Gasteiger partial charge in [-0.15, -0.1) is 0 Å². The second-order valence-electron chi connectivity index (χ2n) is 6.98. The van der Waals surface area contributed by atoms with Crippen LogP contribution in [0, 0.1) is 5.92 Å². The summed E-state index contributed by atoms with van der Waals surface area (Å²) in [7, 11) is 0. The first kappa shape index (κ1) is 15.5. The van der Waals surface area contributed by atoms with Gasteiger partial charge in [0.25, 0.3) is 0 Å². The number of rotatable bonds is 5. The van der Waals surface area contributed by atoms with E-state index in [9.17, 15) is 0 Å². The van der Waals surface area contributed by atoms with Crippen molar-refractivity contribution >= 4 is 0 Å². The third-order valence-corrected chi connectivity index (χ3v) is 4.03. The highest BCUT2D eigenvalue weighted by Gasteiger charge is 2.24. The summed E-state index contributed by atoms with van der Waals surface area (Å²) in [4.78, 5) is 7.12. The average Bonchev–Trinajstić information content (AvgIpc) is 2.84. The van der Waals surface area contributed by atoms with Gasteiger partial charge in [0.05, 0.1) is 5.69 Å². The van der Waals surface area contributed by atoms with Crippen LogP contribution >= 0.6 is 0 Å². The summed E-state index contributed by atoms with van der Waals surface area (Å²) in [6.07, 6.45) is 4.30. The van der Waals surface area contributed by atoms with Crippen LogP contribution in [0.1, 0.15) is 45.4 Å². The lowest BCUT2D eigenvalue weighted by Crippen LogP contribution is -2.39. The molecule has 0 aromatic carbocycles. The molecule has 2 rings (SSSR count). The van der Waals surface area contributed by atoms with Crippen molar-refractivity contribution in [1.29, 1.82) is 0 Å². The molecule has 1 aliphatic rings. The second-order valence-corrected chi connectivity index (χ2v) is 6.98. The third-order valence-electron chi connectivity index (χ3n) is 4.03. The van der Waals surface area contributed by atoms with E-state index in [2.05, 4.69) is 49.0 Å². The van der Waals surface area contributed by atoms with Gasteiger partial charge in [-0.2, -0.15) is 0 Å². The number of nitrogens with zero attached hydrogens (tertiary/aromatic N) is 2. The minimum Gasteiger partial charge on any atom is -0.312 e. The van der Waals surface area contributed by atoms with Crippen LogP contribution < -0.4 is 5.32 Å². The van der Waals surface area contributed by atoms with Crippen LogP contribution in [0.4, 0.5) is 0 Å². The Hall–Kier alpha value is -0.930. The minimum atomic E-state index is 0.226. The van der Waals surface area contributed by atoms with Crippen LogP contribution in [-0.4, -0.2) is 35.1 Å². The van der Waals surface area contributed by atoms with E-state index in [1.54, 1.807) is 0 Å². The number of aromatic nitrogens is 1. The van der Waals surface area contributed by atoms with Crippen molar-refractivity contribution in [3.05, 3.63) is 29.6 Å². The first-order valence-corrected chi connectivity index (χ1v) is 7.88. The minimum absolute atomic E-state index is 0.226. The van der Waals surface area contributed by atoms with Gasteiger partial charge in [0, 0.05) is 24.8 Å². The predicted octanol–water partition coefficient (Wildman–Crippen LogP) is 2.85. The van der Waals surface area contributed by atoms with Gasteiger partial charge >= 0.3 is 0 Å². The molecule has 0 amide bonds. The second kappa shape index (κ2) is 6.68. The van der Waals surface area contributed by atoms with Crippen LogP contribution in [0.15, 0.2) is 18.3 Å². The largest absolute Gasteiger partial charge is 0.312 e. The lowest BCUT2D eigenvalue weighted by atomic mass is 10.1. The van der Waals surface area contributed by atoms with Gasteiger partial charge in [-0.3, -0.25) is 9.88 Å². The molecule has 0 bridgehead atoms. The Morgan fingerprint density at radius 1 is 1.40 bits per heavy atom. The molecule has 1 aliphatic heterocycles. The normalized spacial score (nSPS) is 20.5. The number of aryl methyl sites for hydroxylation is 1. The van der Waals surface area contributed by atoms with Crippen LogP contribution in [0.5, 0.6) is 0 Å². The van der Waals surface area contributed by atoms with Crippen LogP contribution in [0.25, 0.3) is 0 Å². The zero-order valence-electron chi connectivity index (χ0n) is 13.4. The van der Waals surface area contributed by atoms with Gasteiger partial charge < -0.3 is 5.32 Å². The molecule has 1 saturated heterocycles. The van der Waals surface area contributed by atoms with Gasteiger partial charge in [-0.1, -0.05) is 13.0 Å². The predicted molar refractivity (Wildman–Crippen MR) is 84.8 cm³/mol. The summed E-state index contributed by atoms with van der Waals surface area (Å²) in [5.74, 6) is 0.781.